The molecule has 0 unspecified atom stereocenters. The molecule has 0 aliphatic carbocycles. The molecule has 0 saturated heterocycles. The van der Waals surface area contributed by atoms with Crippen LogP contribution >= 0.6 is 0 Å². The lowest BCUT2D eigenvalue weighted by Crippen LogP contribution is -2.07. The second kappa shape index (κ2) is 6.08. The quantitative estimate of drug-likeness (QED) is 0.775. The van der Waals surface area contributed by atoms with Gasteiger partial charge >= 0.3 is 6.18 Å². The summed E-state index contributed by atoms with van der Waals surface area (Å²) in [5, 5.41) is 0. The number of aldehydes is 1. The average molecular weight is 293 g/mol. The van der Waals surface area contributed by atoms with Gasteiger partial charge in [0.05, 0.1) is 0 Å². The zero-order valence-electron chi connectivity index (χ0n) is 11.4. The van der Waals surface area contributed by atoms with Crippen molar-refractivity contribution in [2.75, 3.05) is 0 Å². The molecule has 0 bridgehead atoms. The van der Waals surface area contributed by atoms with Crippen LogP contribution in [0.3, 0.4) is 0 Å². The SMILES string of the molecule is CCCc1cc(C=O)cc(-c2ccc(C(F)(F)F)nc2)c1. The first kappa shape index (κ1) is 15.2. The molecule has 0 aliphatic rings. The van der Waals surface area contributed by atoms with E-state index in [0.29, 0.717) is 16.7 Å². The number of nitrogens with zero attached hydrogens (tertiary/aromatic N) is 1. The molecule has 0 fully saturated rings. The second-order valence-corrected chi connectivity index (χ2v) is 4.76. The monoisotopic (exact) mass is 293 g/mol. The highest BCUT2D eigenvalue weighted by molar-refractivity contribution is 5.79. The smallest absolute Gasteiger partial charge is 0.298 e. The number of pyridine rings is 1. The summed E-state index contributed by atoms with van der Waals surface area (Å²) < 4.78 is 37.5. The summed E-state index contributed by atoms with van der Waals surface area (Å²) in [6.07, 6.45) is -0.797. The number of rotatable bonds is 4. The van der Waals surface area contributed by atoms with Crippen LogP contribution in [0.2, 0.25) is 0 Å². The summed E-state index contributed by atoms with van der Waals surface area (Å²) in [4.78, 5) is 14.4. The Bertz CT molecular complexity index is 633. The van der Waals surface area contributed by atoms with Crippen molar-refractivity contribution in [3.8, 4) is 11.1 Å². The van der Waals surface area contributed by atoms with Gasteiger partial charge in [0.15, 0.2) is 0 Å². The van der Waals surface area contributed by atoms with Gasteiger partial charge in [0.1, 0.15) is 12.0 Å². The molecule has 110 valence electrons. The van der Waals surface area contributed by atoms with E-state index in [0.717, 1.165) is 30.8 Å². The van der Waals surface area contributed by atoms with Crippen molar-refractivity contribution in [3.63, 3.8) is 0 Å². The van der Waals surface area contributed by atoms with Gasteiger partial charge in [-0.2, -0.15) is 13.2 Å². The van der Waals surface area contributed by atoms with Crippen LogP contribution in [0.25, 0.3) is 11.1 Å². The standard InChI is InChI=1S/C16H14F3NO/c1-2-3-11-6-12(10-21)8-14(7-11)13-4-5-15(20-9-13)16(17,18)19/h4-10H,2-3H2,1H3. The highest BCUT2D eigenvalue weighted by atomic mass is 19.4. The first-order valence-electron chi connectivity index (χ1n) is 6.57. The van der Waals surface area contributed by atoms with Crippen LogP contribution in [0.4, 0.5) is 13.2 Å². The van der Waals surface area contributed by atoms with Crippen LogP contribution < -0.4 is 0 Å². The molecule has 0 amide bonds. The third-order valence-electron chi connectivity index (χ3n) is 3.08. The van der Waals surface area contributed by atoms with Crippen molar-refractivity contribution >= 4 is 6.29 Å². The number of aryl methyl sites for hydroxylation is 1. The minimum atomic E-state index is -4.45. The topological polar surface area (TPSA) is 30.0 Å². The van der Waals surface area contributed by atoms with E-state index in [1.165, 1.54) is 12.3 Å². The van der Waals surface area contributed by atoms with Crippen molar-refractivity contribution < 1.29 is 18.0 Å². The van der Waals surface area contributed by atoms with Crippen LogP contribution in [-0.4, -0.2) is 11.3 Å². The number of alkyl halides is 3. The predicted molar refractivity (Wildman–Crippen MR) is 74.1 cm³/mol. The number of hydrogen-bond donors (Lipinski definition) is 0. The molecular weight excluding hydrogens is 279 g/mol. The number of carbonyl (C=O) groups is 1. The average Bonchev–Trinajstić information content (AvgIpc) is 2.46. The van der Waals surface area contributed by atoms with Crippen molar-refractivity contribution in [2.45, 2.75) is 25.9 Å². The van der Waals surface area contributed by atoms with Gasteiger partial charge < -0.3 is 0 Å². The Labute approximate surface area is 120 Å². The molecule has 0 radical (unpaired) electrons. The molecule has 0 N–H and O–H groups in total. The van der Waals surface area contributed by atoms with E-state index in [-0.39, 0.29) is 0 Å². The highest BCUT2D eigenvalue weighted by Crippen LogP contribution is 2.29. The molecule has 1 aromatic heterocycles. The minimum absolute atomic E-state index is 0.510. The number of halogens is 3. The fraction of sp³-hybridized carbons (Fsp3) is 0.250. The maximum atomic E-state index is 12.5. The van der Waals surface area contributed by atoms with Gasteiger partial charge in [-0.05, 0) is 35.7 Å². The summed E-state index contributed by atoms with van der Waals surface area (Å²) >= 11 is 0. The second-order valence-electron chi connectivity index (χ2n) is 4.76. The van der Waals surface area contributed by atoms with Crippen molar-refractivity contribution in [3.05, 3.63) is 53.3 Å². The van der Waals surface area contributed by atoms with Gasteiger partial charge in [-0.25, -0.2) is 0 Å². The molecule has 0 saturated carbocycles. The molecule has 21 heavy (non-hydrogen) atoms. The van der Waals surface area contributed by atoms with Gasteiger partial charge in [-0.3, -0.25) is 9.78 Å². The summed E-state index contributed by atoms with van der Waals surface area (Å²) in [6.45, 7) is 2.02. The van der Waals surface area contributed by atoms with Crippen LogP contribution in [0.5, 0.6) is 0 Å². The Hall–Kier alpha value is -2.17. The highest BCUT2D eigenvalue weighted by Gasteiger charge is 2.32. The number of aromatic nitrogens is 1. The lowest BCUT2D eigenvalue weighted by atomic mass is 9.99. The predicted octanol–water partition coefficient (Wildman–Crippen LogP) is 4.53. The zero-order chi connectivity index (χ0) is 15.5. The van der Waals surface area contributed by atoms with Gasteiger partial charge in [-0.15, -0.1) is 0 Å². The lowest BCUT2D eigenvalue weighted by Gasteiger charge is -2.09. The van der Waals surface area contributed by atoms with Crippen LogP contribution in [0.1, 0.15) is 35.0 Å². The van der Waals surface area contributed by atoms with Crippen molar-refractivity contribution in [2.24, 2.45) is 0 Å². The Morgan fingerprint density at radius 3 is 2.43 bits per heavy atom. The van der Waals surface area contributed by atoms with E-state index in [1.54, 1.807) is 12.1 Å². The first-order chi connectivity index (χ1) is 9.94. The molecule has 2 aromatic rings. The lowest BCUT2D eigenvalue weighted by molar-refractivity contribution is -0.141. The molecule has 2 nitrogen and oxygen atoms in total. The summed E-state index contributed by atoms with van der Waals surface area (Å²) in [7, 11) is 0. The molecule has 0 spiro atoms. The van der Waals surface area contributed by atoms with E-state index in [1.807, 2.05) is 13.0 Å². The molecule has 0 atom stereocenters. The largest absolute Gasteiger partial charge is 0.433 e. The molecule has 1 heterocycles. The maximum Gasteiger partial charge on any atom is 0.433 e. The van der Waals surface area contributed by atoms with E-state index >= 15 is 0 Å². The van der Waals surface area contributed by atoms with E-state index in [2.05, 4.69) is 4.98 Å². The summed E-state index contributed by atoms with van der Waals surface area (Å²) in [5.74, 6) is 0. The Balaban J connectivity index is 2.41. The van der Waals surface area contributed by atoms with Crippen molar-refractivity contribution in [1.29, 1.82) is 0 Å². The first-order valence-corrected chi connectivity index (χ1v) is 6.57. The van der Waals surface area contributed by atoms with Crippen LogP contribution in [0.15, 0.2) is 36.5 Å². The summed E-state index contributed by atoms with van der Waals surface area (Å²) in [6, 6.07) is 7.63. The van der Waals surface area contributed by atoms with Gasteiger partial charge in [0, 0.05) is 17.3 Å². The third kappa shape index (κ3) is 3.68. The van der Waals surface area contributed by atoms with Gasteiger partial charge in [-0.1, -0.05) is 25.5 Å². The normalized spacial score (nSPS) is 11.4. The Kier molecular flexibility index (Phi) is 4.40. The minimum Gasteiger partial charge on any atom is -0.298 e. The Morgan fingerprint density at radius 2 is 1.90 bits per heavy atom. The Morgan fingerprint density at radius 1 is 1.14 bits per heavy atom. The van der Waals surface area contributed by atoms with Gasteiger partial charge in [0.2, 0.25) is 0 Å². The molecule has 5 heteroatoms. The molecule has 2 rings (SSSR count). The van der Waals surface area contributed by atoms with Gasteiger partial charge in [0.25, 0.3) is 0 Å². The molecular formula is C16H14F3NO. The summed E-state index contributed by atoms with van der Waals surface area (Å²) in [5.41, 5.74) is 1.83. The molecule has 0 aliphatic heterocycles. The van der Waals surface area contributed by atoms with E-state index in [4.69, 9.17) is 0 Å². The third-order valence-corrected chi connectivity index (χ3v) is 3.08. The fourth-order valence-corrected chi connectivity index (χ4v) is 2.12. The number of carbonyl (C=O) groups excluding carboxylic acids is 1. The van der Waals surface area contributed by atoms with Crippen LogP contribution in [0, 0.1) is 0 Å². The number of benzene rings is 1. The van der Waals surface area contributed by atoms with E-state index < -0.39 is 11.9 Å². The van der Waals surface area contributed by atoms with E-state index in [9.17, 15) is 18.0 Å². The molecule has 1 aromatic carbocycles. The zero-order valence-corrected chi connectivity index (χ0v) is 11.4. The maximum absolute atomic E-state index is 12.5. The van der Waals surface area contributed by atoms with Crippen LogP contribution in [-0.2, 0) is 12.6 Å². The number of hydrogen-bond acceptors (Lipinski definition) is 2. The fourth-order valence-electron chi connectivity index (χ4n) is 2.12. The van der Waals surface area contributed by atoms with Crippen molar-refractivity contribution in [1.82, 2.24) is 4.98 Å².